The number of rotatable bonds is 4. The molecule has 0 radical (unpaired) electrons. The molecule has 122 valence electrons. The topological polar surface area (TPSA) is 85.1 Å². The molecular weight excluding hydrogens is 330 g/mol. The Morgan fingerprint density at radius 2 is 2.22 bits per heavy atom. The summed E-state index contributed by atoms with van der Waals surface area (Å²) in [6, 6.07) is 8.78. The summed E-state index contributed by atoms with van der Waals surface area (Å²) in [5, 5.41) is 9.03. The van der Waals surface area contributed by atoms with Gasteiger partial charge in [-0.3, -0.25) is 0 Å². The van der Waals surface area contributed by atoms with Gasteiger partial charge in [-0.15, -0.1) is 0 Å². The predicted molar refractivity (Wildman–Crippen MR) is 91.1 cm³/mol. The number of hydrogen-bond acceptors (Lipinski definition) is 5. The van der Waals surface area contributed by atoms with Gasteiger partial charge in [0.15, 0.2) is 9.34 Å². The molecule has 2 atom stereocenters. The number of nitrogens with one attached hydrogen (secondary N) is 1. The first-order valence-corrected chi connectivity index (χ1v) is 10.2. The third-order valence-corrected chi connectivity index (χ3v) is 7.48. The van der Waals surface area contributed by atoms with Crippen molar-refractivity contribution >= 4 is 26.5 Å². The van der Waals surface area contributed by atoms with Crippen LogP contribution in [0.4, 0.5) is 5.13 Å². The van der Waals surface area contributed by atoms with Crippen LogP contribution in [0.15, 0.2) is 34.7 Å². The van der Waals surface area contributed by atoms with Gasteiger partial charge in [0, 0.05) is 12.0 Å². The second kappa shape index (κ2) is 5.29. The van der Waals surface area contributed by atoms with E-state index in [-0.39, 0.29) is 4.21 Å². The van der Waals surface area contributed by atoms with Crippen LogP contribution in [-0.2, 0) is 21.9 Å². The van der Waals surface area contributed by atoms with E-state index in [2.05, 4.69) is 34.6 Å². The monoisotopic (exact) mass is 349 g/mol. The predicted octanol–water partition coefficient (Wildman–Crippen LogP) is 2.50. The Labute approximate surface area is 140 Å². The summed E-state index contributed by atoms with van der Waals surface area (Å²) >= 11 is 1.10. The minimum atomic E-state index is -3.66. The molecule has 2 aliphatic rings. The van der Waals surface area contributed by atoms with E-state index in [1.165, 1.54) is 43.0 Å². The largest absolute Gasteiger partial charge is 0.361 e. The minimum Gasteiger partial charge on any atom is -0.361 e. The number of primary sulfonamides is 1. The Bertz CT molecular complexity index is 847. The molecule has 1 fully saturated rings. The van der Waals surface area contributed by atoms with Crippen LogP contribution in [0.2, 0.25) is 0 Å². The molecule has 0 bridgehead atoms. The molecule has 2 aliphatic carbocycles. The van der Waals surface area contributed by atoms with Crippen molar-refractivity contribution in [2.45, 2.75) is 35.3 Å². The van der Waals surface area contributed by atoms with Crippen LogP contribution in [0.3, 0.4) is 0 Å². The van der Waals surface area contributed by atoms with Gasteiger partial charge in [0.2, 0.25) is 10.0 Å². The summed E-state index contributed by atoms with van der Waals surface area (Å²) < 4.78 is 22.7. The van der Waals surface area contributed by atoms with Crippen molar-refractivity contribution in [1.29, 1.82) is 0 Å². The summed E-state index contributed by atoms with van der Waals surface area (Å²) in [5.74, 6) is 0.589. The highest BCUT2D eigenvalue weighted by Crippen LogP contribution is 2.60. The molecule has 1 aromatic carbocycles. The molecule has 5 nitrogen and oxygen atoms in total. The van der Waals surface area contributed by atoms with Crippen molar-refractivity contribution in [2.75, 3.05) is 11.9 Å². The van der Waals surface area contributed by atoms with Gasteiger partial charge < -0.3 is 5.32 Å². The highest BCUT2D eigenvalue weighted by Gasteiger charge is 2.55. The van der Waals surface area contributed by atoms with Crippen molar-refractivity contribution in [3.8, 4) is 0 Å². The van der Waals surface area contributed by atoms with Crippen molar-refractivity contribution in [3.05, 3.63) is 41.6 Å². The maximum atomic E-state index is 11.3. The number of nitrogens with zero attached hydrogens (tertiary/aromatic N) is 1. The van der Waals surface area contributed by atoms with Crippen LogP contribution >= 0.6 is 11.3 Å². The van der Waals surface area contributed by atoms with E-state index in [1.54, 1.807) is 0 Å². The molecule has 1 heterocycles. The molecule has 7 heteroatoms. The summed E-state index contributed by atoms with van der Waals surface area (Å²) in [6.07, 6.45) is 6.20. The summed E-state index contributed by atoms with van der Waals surface area (Å²) in [4.78, 5) is 4.11. The molecule has 2 unspecified atom stereocenters. The van der Waals surface area contributed by atoms with Gasteiger partial charge >= 0.3 is 0 Å². The van der Waals surface area contributed by atoms with Crippen LogP contribution in [0, 0.1) is 5.92 Å². The number of aromatic nitrogens is 1. The highest BCUT2D eigenvalue weighted by atomic mass is 32.2. The first-order chi connectivity index (χ1) is 11.0. The lowest BCUT2D eigenvalue weighted by Gasteiger charge is -2.26. The molecule has 0 saturated heterocycles. The lowest BCUT2D eigenvalue weighted by atomic mass is 9.79. The van der Waals surface area contributed by atoms with Gasteiger partial charge in [0.05, 0.1) is 6.20 Å². The normalized spacial score (nSPS) is 26.0. The number of benzene rings is 1. The Hall–Kier alpha value is -1.44. The van der Waals surface area contributed by atoms with E-state index in [4.69, 9.17) is 5.14 Å². The smallest absolute Gasteiger partial charge is 0.249 e. The molecule has 4 rings (SSSR count). The second-order valence-corrected chi connectivity index (χ2v) is 9.30. The van der Waals surface area contributed by atoms with E-state index in [0.29, 0.717) is 16.5 Å². The Kier molecular flexibility index (Phi) is 3.48. The fourth-order valence-electron chi connectivity index (χ4n) is 3.92. The van der Waals surface area contributed by atoms with E-state index in [0.717, 1.165) is 17.9 Å². The number of hydrogen-bond donors (Lipinski definition) is 2. The lowest BCUT2D eigenvalue weighted by molar-refractivity contribution is 0.503. The Morgan fingerprint density at radius 1 is 1.39 bits per heavy atom. The van der Waals surface area contributed by atoms with Crippen molar-refractivity contribution < 1.29 is 8.42 Å². The van der Waals surface area contributed by atoms with Crippen LogP contribution < -0.4 is 10.5 Å². The van der Waals surface area contributed by atoms with Crippen molar-refractivity contribution in [3.63, 3.8) is 0 Å². The fraction of sp³-hybridized carbons (Fsp3) is 0.438. The number of anilines is 1. The Balaban J connectivity index is 1.46. The number of aryl methyl sites for hydroxylation is 1. The SMILES string of the molecule is NS(=O)(=O)c1cnc(NCC2CC23CCCc2ccccc23)s1. The third kappa shape index (κ3) is 2.66. The highest BCUT2D eigenvalue weighted by molar-refractivity contribution is 7.91. The van der Waals surface area contributed by atoms with Gasteiger partial charge in [0.1, 0.15) is 0 Å². The van der Waals surface area contributed by atoms with Gasteiger partial charge in [-0.25, -0.2) is 18.5 Å². The average Bonchev–Trinajstić information content (AvgIpc) is 2.98. The van der Waals surface area contributed by atoms with Crippen LogP contribution in [0.1, 0.15) is 30.4 Å². The first kappa shape index (κ1) is 15.1. The minimum absolute atomic E-state index is 0.105. The van der Waals surface area contributed by atoms with E-state index in [1.807, 2.05) is 0 Å². The van der Waals surface area contributed by atoms with Gasteiger partial charge in [-0.1, -0.05) is 35.6 Å². The van der Waals surface area contributed by atoms with Gasteiger partial charge in [-0.2, -0.15) is 0 Å². The zero-order chi connectivity index (χ0) is 16.1. The van der Waals surface area contributed by atoms with Crippen molar-refractivity contribution in [2.24, 2.45) is 11.1 Å². The molecule has 1 saturated carbocycles. The fourth-order valence-corrected chi connectivity index (χ4v) is 5.38. The summed E-state index contributed by atoms with van der Waals surface area (Å²) in [6.45, 7) is 0.825. The molecule has 3 N–H and O–H groups in total. The molecule has 1 aromatic heterocycles. The lowest BCUT2D eigenvalue weighted by Crippen LogP contribution is -2.21. The van der Waals surface area contributed by atoms with Crippen LogP contribution in [-0.4, -0.2) is 19.9 Å². The average molecular weight is 349 g/mol. The molecule has 23 heavy (non-hydrogen) atoms. The molecular formula is C16H19N3O2S2. The standard InChI is InChI=1S/C16H19N3O2S2/c17-23(20,21)14-10-19-15(22-14)18-9-12-8-16(12)7-3-5-11-4-1-2-6-13(11)16/h1-2,4,6,10,12H,3,5,7-9H2,(H,18,19)(H2,17,20,21). The number of fused-ring (bicyclic) bond motifs is 2. The maximum absolute atomic E-state index is 11.3. The number of sulfonamides is 1. The quantitative estimate of drug-likeness (QED) is 0.888. The van der Waals surface area contributed by atoms with Crippen LogP contribution in [0.5, 0.6) is 0 Å². The zero-order valence-electron chi connectivity index (χ0n) is 12.7. The molecule has 1 spiro atoms. The second-order valence-electron chi connectivity index (χ2n) is 6.48. The first-order valence-electron chi connectivity index (χ1n) is 7.80. The van der Waals surface area contributed by atoms with Crippen LogP contribution in [0.25, 0.3) is 0 Å². The van der Waals surface area contributed by atoms with Gasteiger partial charge in [0.25, 0.3) is 0 Å². The third-order valence-electron chi connectivity index (χ3n) is 5.12. The summed E-state index contributed by atoms with van der Waals surface area (Å²) in [7, 11) is -3.66. The molecule has 2 aromatic rings. The molecule has 0 aliphatic heterocycles. The van der Waals surface area contributed by atoms with E-state index < -0.39 is 10.0 Å². The maximum Gasteiger partial charge on any atom is 0.249 e. The Morgan fingerprint density at radius 3 is 3.00 bits per heavy atom. The summed E-state index contributed by atoms with van der Waals surface area (Å²) in [5.41, 5.74) is 3.33. The zero-order valence-corrected chi connectivity index (χ0v) is 14.3. The molecule has 0 amide bonds. The number of nitrogens with two attached hydrogens (primary N) is 1. The van der Waals surface area contributed by atoms with Gasteiger partial charge in [-0.05, 0) is 42.7 Å². The van der Waals surface area contributed by atoms with Crippen molar-refractivity contribution in [1.82, 2.24) is 4.98 Å². The van der Waals surface area contributed by atoms with E-state index >= 15 is 0 Å². The number of thiazole rings is 1. The van der Waals surface area contributed by atoms with E-state index in [9.17, 15) is 8.42 Å².